The lowest BCUT2D eigenvalue weighted by Crippen LogP contribution is -2.22. The molecule has 14 nitrogen and oxygen atoms in total. The summed E-state index contributed by atoms with van der Waals surface area (Å²) < 4.78 is 112. The second-order valence-electron chi connectivity index (χ2n) is 12.8. The Bertz CT molecular complexity index is 2320. The van der Waals surface area contributed by atoms with E-state index in [2.05, 4.69) is 32.1 Å². The number of H-pyrrole nitrogens is 1. The van der Waals surface area contributed by atoms with Gasteiger partial charge in [0.1, 0.15) is 17.7 Å². The molecule has 0 radical (unpaired) electrons. The number of carboxylic acids is 3. The van der Waals surface area contributed by atoms with Crippen LogP contribution < -0.4 is 21.7 Å². The van der Waals surface area contributed by atoms with Gasteiger partial charge in [0, 0.05) is 47.1 Å². The quantitative estimate of drug-likeness (QED) is 0.0742. The number of aryl methyl sites for hydroxylation is 1. The van der Waals surface area contributed by atoms with E-state index < -0.39 is 48.4 Å². The van der Waals surface area contributed by atoms with E-state index in [1.807, 2.05) is 48.5 Å². The van der Waals surface area contributed by atoms with E-state index in [0.29, 0.717) is 39.7 Å². The highest BCUT2D eigenvalue weighted by Gasteiger charge is 2.39. The Morgan fingerprint density at radius 1 is 0.823 bits per heavy atom. The largest absolute Gasteiger partial charge is 0.490 e. The number of fused-ring (bicyclic) bond motifs is 1. The third-order valence-electron chi connectivity index (χ3n) is 8.49. The van der Waals surface area contributed by atoms with Crippen LogP contribution in [0.25, 0.3) is 22.0 Å². The van der Waals surface area contributed by atoms with Crippen LogP contribution in [0.2, 0.25) is 0 Å². The number of primary amides is 1. The number of benzene rings is 3. The van der Waals surface area contributed by atoms with Crippen molar-refractivity contribution in [3.8, 4) is 11.3 Å². The molecule has 0 saturated carbocycles. The highest BCUT2D eigenvalue weighted by molar-refractivity contribution is 5.99. The van der Waals surface area contributed by atoms with Gasteiger partial charge >= 0.3 is 36.4 Å². The zero-order valence-corrected chi connectivity index (χ0v) is 31.8. The average molecular weight is 892 g/mol. The average Bonchev–Trinajstić information content (AvgIpc) is 3.91. The van der Waals surface area contributed by atoms with E-state index in [-0.39, 0.29) is 5.82 Å². The number of amides is 1. The van der Waals surface area contributed by atoms with Crippen LogP contribution in [0.1, 0.15) is 53.1 Å². The van der Waals surface area contributed by atoms with Crippen LogP contribution in [0.5, 0.6) is 0 Å². The summed E-state index contributed by atoms with van der Waals surface area (Å²) >= 11 is 0. The number of aromatic nitrogens is 3. The number of carbonyl (C=O) groups excluding carboxylic acids is 1. The molecule has 62 heavy (non-hydrogen) atoms. The Balaban J connectivity index is 0.000000403. The Labute approximate surface area is 343 Å². The van der Waals surface area contributed by atoms with Gasteiger partial charge in [-0.05, 0) is 66.6 Å². The number of nitrogens with one attached hydrogen (secondary N) is 2. The fraction of sp³-hybridized carbons (Fsp3) is 0.263. The topological polar surface area (TPSA) is 238 Å². The van der Waals surface area contributed by atoms with Crippen molar-refractivity contribution in [1.29, 1.82) is 0 Å². The first kappa shape index (κ1) is 49.2. The maximum atomic E-state index is 16.5. The monoisotopic (exact) mass is 891 g/mol. The van der Waals surface area contributed by atoms with E-state index in [0.717, 1.165) is 54.4 Å². The molecule has 0 aliphatic carbocycles. The van der Waals surface area contributed by atoms with Gasteiger partial charge in [0.25, 0.3) is 0 Å². The number of nitrogens with two attached hydrogens (primary N) is 2. The second kappa shape index (κ2) is 20.4. The summed E-state index contributed by atoms with van der Waals surface area (Å²) in [6.07, 6.45) is -9.08. The van der Waals surface area contributed by atoms with Crippen LogP contribution in [0.3, 0.4) is 0 Å². The van der Waals surface area contributed by atoms with Gasteiger partial charge in [-0.2, -0.15) is 39.5 Å². The van der Waals surface area contributed by atoms with Crippen molar-refractivity contribution < 1.29 is 78.4 Å². The maximum Gasteiger partial charge on any atom is 0.490 e. The lowest BCUT2D eigenvalue weighted by molar-refractivity contribution is -0.193. The van der Waals surface area contributed by atoms with Crippen molar-refractivity contribution >= 4 is 51.8 Å². The number of carbonyl (C=O) groups is 4. The number of hydrogen-bond donors (Lipinski definition) is 7. The SMILES string of the molecule is CCc1cc(C(Nc2ccc3c(N)nccc3c2)c2ncc(-c3ccccc3C(N)=O)[nH]2)c(F)c(N2CCCC2)c1.O=C(O)C(F)(F)F.O=C(O)C(F)(F)F.O=C(O)C(F)(F)F. The van der Waals surface area contributed by atoms with Crippen molar-refractivity contribution in [3.05, 3.63) is 101 Å². The van der Waals surface area contributed by atoms with Gasteiger partial charge in [-0.25, -0.2) is 28.7 Å². The minimum atomic E-state index is -5.08. The molecule has 1 atom stereocenters. The number of imidazole rings is 1. The van der Waals surface area contributed by atoms with E-state index in [9.17, 15) is 44.3 Å². The van der Waals surface area contributed by atoms with Gasteiger partial charge in [0.15, 0.2) is 5.82 Å². The molecule has 2 aromatic heterocycles. The molecular formula is C38H35F10N7O7. The van der Waals surface area contributed by atoms with Crippen molar-refractivity contribution in [3.63, 3.8) is 0 Å². The smallest absolute Gasteiger partial charge is 0.475 e. The van der Waals surface area contributed by atoms with Gasteiger partial charge in [0.2, 0.25) is 5.91 Å². The summed E-state index contributed by atoms with van der Waals surface area (Å²) in [6, 6.07) is 18.0. The minimum absolute atomic E-state index is 0.272. The number of halogens is 10. The molecule has 0 spiro atoms. The summed E-state index contributed by atoms with van der Waals surface area (Å²) in [6.45, 7) is 3.73. The fourth-order valence-electron chi connectivity index (χ4n) is 5.60. The molecule has 1 fully saturated rings. The molecule has 3 heterocycles. The third-order valence-corrected chi connectivity index (χ3v) is 8.49. The Morgan fingerprint density at radius 2 is 1.37 bits per heavy atom. The molecular weight excluding hydrogens is 856 g/mol. The normalized spacial score (nSPS) is 13.0. The number of nitrogen functional groups attached to an aromatic ring is 1. The van der Waals surface area contributed by atoms with E-state index in [4.69, 9.17) is 41.2 Å². The summed E-state index contributed by atoms with van der Waals surface area (Å²) in [5, 5.41) is 26.7. The van der Waals surface area contributed by atoms with Crippen LogP contribution in [-0.4, -0.2) is 85.7 Å². The van der Waals surface area contributed by atoms with Crippen LogP contribution in [0, 0.1) is 5.82 Å². The van der Waals surface area contributed by atoms with Crippen LogP contribution in [-0.2, 0) is 20.8 Å². The van der Waals surface area contributed by atoms with Crippen LogP contribution >= 0.6 is 0 Å². The summed E-state index contributed by atoms with van der Waals surface area (Å²) in [5.74, 6) is -8.12. The molecule has 1 amide bonds. The molecule has 24 heteroatoms. The van der Waals surface area contributed by atoms with Gasteiger partial charge in [-0.3, -0.25) is 4.79 Å². The van der Waals surface area contributed by atoms with Crippen molar-refractivity contribution in [2.45, 2.75) is 50.8 Å². The Hall–Kier alpha value is -7.14. The van der Waals surface area contributed by atoms with Gasteiger partial charge in [-0.15, -0.1) is 0 Å². The molecule has 6 rings (SSSR count). The summed E-state index contributed by atoms with van der Waals surface area (Å²) in [4.78, 5) is 53.1. The predicted molar refractivity (Wildman–Crippen MR) is 202 cm³/mol. The van der Waals surface area contributed by atoms with Crippen molar-refractivity contribution in [1.82, 2.24) is 15.0 Å². The third kappa shape index (κ3) is 13.4. The number of hydrogen-bond acceptors (Lipinski definition) is 9. The number of aliphatic carboxylic acids is 3. The van der Waals surface area contributed by atoms with Crippen molar-refractivity contribution in [2.75, 3.05) is 29.0 Å². The number of carboxylic acid groups (broad SMARTS) is 3. The molecule has 3 aromatic carbocycles. The maximum absolute atomic E-state index is 16.5. The number of nitrogens with zero attached hydrogens (tertiary/aromatic N) is 3. The second-order valence-corrected chi connectivity index (χ2v) is 12.8. The van der Waals surface area contributed by atoms with Crippen LogP contribution in [0.4, 0.5) is 61.1 Å². The number of anilines is 3. The molecule has 1 aliphatic heterocycles. The summed E-state index contributed by atoms with van der Waals surface area (Å²) in [7, 11) is 0. The standard InChI is InChI=1S/C32H32FN7O.3C2HF3O2/c1-2-19-15-25(28(33)27(16-19)40-13-5-6-14-40)29(38-21-9-10-22-20(17-21)11-12-36-30(22)34)32-37-18-26(39-32)23-7-3-4-8-24(23)31(35)41;3*3-2(4,5)1(6)7/h3-4,7-12,15-18,29,38H,2,5-6,13-14H2,1H3,(H2,34,36)(H2,35,41)(H,37,39);3*(H,6,7). The number of pyridine rings is 1. The fourth-order valence-corrected chi connectivity index (χ4v) is 5.60. The highest BCUT2D eigenvalue weighted by Crippen LogP contribution is 2.36. The Kier molecular flexibility index (Phi) is 16.2. The number of rotatable bonds is 8. The first-order chi connectivity index (χ1) is 28.8. The number of alkyl halides is 9. The molecule has 5 aromatic rings. The summed E-state index contributed by atoms with van der Waals surface area (Å²) in [5.41, 5.74) is 16.3. The Morgan fingerprint density at radius 3 is 1.89 bits per heavy atom. The molecule has 1 unspecified atom stereocenters. The number of aromatic amines is 1. The van der Waals surface area contributed by atoms with Gasteiger partial charge in [0.05, 0.1) is 17.6 Å². The zero-order chi connectivity index (χ0) is 46.7. The lowest BCUT2D eigenvalue weighted by atomic mass is 9.98. The van der Waals surface area contributed by atoms with E-state index >= 15 is 4.39 Å². The molecule has 0 bridgehead atoms. The molecule has 9 N–H and O–H groups in total. The van der Waals surface area contributed by atoms with Gasteiger partial charge in [-0.1, -0.05) is 31.2 Å². The van der Waals surface area contributed by atoms with Gasteiger partial charge < -0.3 is 42.0 Å². The highest BCUT2D eigenvalue weighted by atomic mass is 19.4. The first-order valence-corrected chi connectivity index (χ1v) is 17.6. The van der Waals surface area contributed by atoms with E-state index in [1.54, 1.807) is 24.5 Å². The van der Waals surface area contributed by atoms with Crippen molar-refractivity contribution in [2.24, 2.45) is 5.73 Å². The molecule has 1 saturated heterocycles. The molecule has 1 aliphatic rings. The zero-order valence-electron chi connectivity index (χ0n) is 31.8. The minimum Gasteiger partial charge on any atom is -0.475 e. The van der Waals surface area contributed by atoms with Crippen LogP contribution in [0.15, 0.2) is 73.1 Å². The lowest BCUT2D eigenvalue weighted by Gasteiger charge is -2.25. The first-order valence-electron chi connectivity index (χ1n) is 17.6. The predicted octanol–water partition coefficient (Wildman–Crippen LogP) is 7.71. The molecule has 334 valence electrons. The van der Waals surface area contributed by atoms with E-state index in [1.165, 1.54) is 0 Å².